The van der Waals surface area contributed by atoms with Gasteiger partial charge < -0.3 is 15.3 Å². The number of imidazole rings is 1. The van der Waals surface area contributed by atoms with Crippen LogP contribution < -0.4 is 5.32 Å². The lowest BCUT2D eigenvalue weighted by atomic mass is 10.1. The maximum Gasteiger partial charge on any atom is 0.257 e. The van der Waals surface area contributed by atoms with Gasteiger partial charge in [-0.3, -0.25) is 4.79 Å². The Balaban J connectivity index is 1.71. The standard InChI is InChI=1S/C17H14FN3OS/c18-11-7-13(15-14(8-11)20-17(23)21-15)16(22)19-12-5-4-9-2-1-3-10(9)6-12/h4-8H,1-3H2,(H,19,22)(H2,20,21,23). The van der Waals surface area contributed by atoms with Crippen LogP contribution in [-0.4, -0.2) is 15.9 Å². The van der Waals surface area contributed by atoms with E-state index in [9.17, 15) is 9.18 Å². The van der Waals surface area contributed by atoms with Gasteiger partial charge >= 0.3 is 0 Å². The minimum atomic E-state index is -0.484. The minimum Gasteiger partial charge on any atom is -0.331 e. The van der Waals surface area contributed by atoms with E-state index in [2.05, 4.69) is 15.3 Å². The molecule has 23 heavy (non-hydrogen) atoms. The summed E-state index contributed by atoms with van der Waals surface area (Å²) >= 11 is 5.02. The second kappa shape index (κ2) is 5.31. The number of rotatable bonds is 2. The Morgan fingerprint density at radius 2 is 1.96 bits per heavy atom. The second-order valence-electron chi connectivity index (χ2n) is 5.75. The summed E-state index contributed by atoms with van der Waals surface area (Å²) in [4.78, 5) is 18.3. The Labute approximate surface area is 136 Å². The molecule has 1 amide bonds. The van der Waals surface area contributed by atoms with Crippen molar-refractivity contribution in [1.82, 2.24) is 9.97 Å². The fraction of sp³-hybridized carbons (Fsp3) is 0.176. The van der Waals surface area contributed by atoms with Gasteiger partial charge in [0.15, 0.2) is 4.77 Å². The lowest BCUT2D eigenvalue weighted by Gasteiger charge is -2.08. The normalized spacial score (nSPS) is 13.3. The first-order valence-corrected chi connectivity index (χ1v) is 7.86. The van der Waals surface area contributed by atoms with Crippen molar-refractivity contribution in [1.29, 1.82) is 0 Å². The van der Waals surface area contributed by atoms with Gasteiger partial charge in [0.25, 0.3) is 5.91 Å². The van der Waals surface area contributed by atoms with Crippen LogP contribution in [0.3, 0.4) is 0 Å². The van der Waals surface area contributed by atoms with Crippen LogP contribution in [0.15, 0.2) is 30.3 Å². The molecule has 4 rings (SSSR count). The highest BCUT2D eigenvalue weighted by Gasteiger charge is 2.16. The van der Waals surface area contributed by atoms with Crippen LogP contribution in [-0.2, 0) is 12.8 Å². The molecule has 2 aromatic carbocycles. The smallest absolute Gasteiger partial charge is 0.257 e. The van der Waals surface area contributed by atoms with Crippen LogP contribution in [0, 0.1) is 10.6 Å². The third-order valence-electron chi connectivity index (χ3n) is 4.19. The number of amides is 1. The van der Waals surface area contributed by atoms with Crippen molar-refractivity contribution >= 4 is 34.8 Å². The van der Waals surface area contributed by atoms with Gasteiger partial charge in [-0.05, 0) is 66.9 Å². The summed E-state index contributed by atoms with van der Waals surface area (Å²) in [5.41, 5.74) is 4.55. The molecule has 1 aliphatic rings. The van der Waals surface area contributed by atoms with E-state index in [1.807, 2.05) is 18.2 Å². The maximum atomic E-state index is 13.7. The summed E-state index contributed by atoms with van der Waals surface area (Å²) < 4.78 is 14.1. The van der Waals surface area contributed by atoms with Gasteiger partial charge in [0.2, 0.25) is 0 Å². The molecular weight excluding hydrogens is 313 g/mol. The van der Waals surface area contributed by atoms with Gasteiger partial charge in [0.1, 0.15) is 5.82 Å². The van der Waals surface area contributed by atoms with Crippen molar-refractivity contribution in [3.05, 3.63) is 57.6 Å². The maximum absolute atomic E-state index is 13.7. The number of aryl methyl sites for hydroxylation is 2. The number of carbonyl (C=O) groups excluding carboxylic acids is 1. The van der Waals surface area contributed by atoms with Crippen LogP contribution >= 0.6 is 12.2 Å². The van der Waals surface area contributed by atoms with Crippen molar-refractivity contribution in [2.24, 2.45) is 0 Å². The van der Waals surface area contributed by atoms with Crippen molar-refractivity contribution in [3.63, 3.8) is 0 Å². The lowest BCUT2D eigenvalue weighted by Crippen LogP contribution is -2.13. The van der Waals surface area contributed by atoms with E-state index in [-0.39, 0.29) is 11.5 Å². The quantitative estimate of drug-likeness (QED) is 0.620. The number of aromatic nitrogens is 2. The highest BCUT2D eigenvalue weighted by molar-refractivity contribution is 7.71. The van der Waals surface area contributed by atoms with Gasteiger partial charge in [-0.15, -0.1) is 0 Å². The highest BCUT2D eigenvalue weighted by Crippen LogP contribution is 2.26. The Morgan fingerprint density at radius 3 is 2.83 bits per heavy atom. The fourth-order valence-electron chi connectivity index (χ4n) is 3.13. The monoisotopic (exact) mass is 327 g/mol. The molecule has 6 heteroatoms. The van der Waals surface area contributed by atoms with Crippen LogP contribution in [0.2, 0.25) is 0 Å². The van der Waals surface area contributed by atoms with E-state index in [1.165, 1.54) is 23.3 Å². The number of hydrogen-bond acceptors (Lipinski definition) is 2. The third-order valence-corrected chi connectivity index (χ3v) is 4.39. The number of carbonyl (C=O) groups is 1. The van der Waals surface area contributed by atoms with E-state index in [0.717, 1.165) is 24.9 Å². The topological polar surface area (TPSA) is 60.7 Å². The van der Waals surface area contributed by atoms with Crippen molar-refractivity contribution < 1.29 is 9.18 Å². The van der Waals surface area contributed by atoms with Crippen LogP contribution in [0.1, 0.15) is 27.9 Å². The van der Waals surface area contributed by atoms with E-state index >= 15 is 0 Å². The van der Waals surface area contributed by atoms with Gasteiger partial charge in [0, 0.05) is 5.69 Å². The molecule has 0 saturated heterocycles. The van der Waals surface area contributed by atoms with E-state index in [4.69, 9.17) is 12.2 Å². The van der Waals surface area contributed by atoms with E-state index < -0.39 is 5.82 Å². The molecule has 0 radical (unpaired) electrons. The largest absolute Gasteiger partial charge is 0.331 e. The predicted octanol–water partition coefficient (Wildman–Crippen LogP) is 4.11. The van der Waals surface area contributed by atoms with E-state index in [0.29, 0.717) is 15.8 Å². The molecule has 1 heterocycles. The molecular formula is C17H14FN3OS. The molecule has 0 saturated carbocycles. The van der Waals surface area contributed by atoms with Crippen LogP contribution in [0.4, 0.5) is 10.1 Å². The van der Waals surface area contributed by atoms with Gasteiger partial charge in [-0.2, -0.15) is 0 Å². The predicted molar refractivity (Wildman–Crippen MR) is 89.9 cm³/mol. The lowest BCUT2D eigenvalue weighted by molar-refractivity contribution is 0.102. The Kier molecular flexibility index (Phi) is 3.27. The van der Waals surface area contributed by atoms with Crippen LogP contribution in [0.25, 0.3) is 11.0 Å². The third kappa shape index (κ3) is 2.55. The fourth-order valence-corrected chi connectivity index (χ4v) is 3.35. The zero-order valence-electron chi connectivity index (χ0n) is 12.2. The molecule has 0 spiro atoms. The first-order chi connectivity index (χ1) is 11.1. The molecule has 3 aromatic rings. The summed E-state index contributed by atoms with van der Waals surface area (Å²) in [7, 11) is 0. The number of aromatic amines is 2. The number of H-pyrrole nitrogens is 2. The number of anilines is 1. The summed E-state index contributed by atoms with van der Waals surface area (Å²) in [5, 5.41) is 2.84. The summed E-state index contributed by atoms with van der Waals surface area (Å²) in [6, 6.07) is 8.45. The molecule has 1 aromatic heterocycles. The average molecular weight is 327 g/mol. The minimum absolute atomic E-state index is 0.229. The summed E-state index contributed by atoms with van der Waals surface area (Å²) in [6.07, 6.45) is 3.28. The molecule has 0 fully saturated rings. The van der Waals surface area contributed by atoms with Crippen LogP contribution in [0.5, 0.6) is 0 Å². The van der Waals surface area contributed by atoms with Gasteiger partial charge in [0.05, 0.1) is 16.6 Å². The van der Waals surface area contributed by atoms with Crippen molar-refractivity contribution in [2.75, 3.05) is 5.32 Å². The van der Waals surface area contributed by atoms with Crippen molar-refractivity contribution in [3.8, 4) is 0 Å². The molecule has 0 bridgehead atoms. The molecule has 0 unspecified atom stereocenters. The zero-order chi connectivity index (χ0) is 16.0. The highest BCUT2D eigenvalue weighted by atomic mass is 32.1. The number of hydrogen-bond donors (Lipinski definition) is 3. The van der Waals surface area contributed by atoms with Gasteiger partial charge in [-0.1, -0.05) is 6.07 Å². The Hall–Kier alpha value is -2.47. The number of nitrogens with one attached hydrogen (secondary N) is 3. The number of fused-ring (bicyclic) bond motifs is 2. The first-order valence-electron chi connectivity index (χ1n) is 7.45. The van der Waals surface area contributed by atoms with Crippen molar-refractivity contribution in [2.45, 2.75) is 19.3 Å². The van der Waals surface area contributed by atoms with Gasteiger partial charge in [-0.25, -0.2) is 4.39 Å². The molecule has 1 aliphatic carbocycles. The summed E-state index contributed by atoms with van der Waals surface area (Å²) in [5.74, 6) is -0.848. The molecule has 116 valence electrons. The average Bonchev–Trinajstić information content (AvgIpc) is 3.10. The van der Waals surface area contributed by atoms with E-state index in [1.54, 1.807) is 0 Å². The molecule has 0 aliphatic heterocycles. The first kappa shape index (κ1) is 14.1. The second-order valence-corrected chi connectivity index (χ2v) is 6.15. The Bertz CT molecular complexity index is 989. The molecule has 3 N–H and O–H groups in total. The number of halogens is 1. The molecule has 0 atom stereocenters. The number of benzene rings is 2. The summed E-state index contributed by atoms with van der Waals surface area (Å²) in [6.45, 7) is 0. The Morgan fingerprint density at radius 1 is 1.13 bits per heavy atom. The SMILES string of the molecule is O=C(Nc1ccc2c(c1)CCC2)c1cc(F)cc2[nH]c(=S)[nH]c12. The molecule has 4 nitrogen and oxygen atoms in total. The zero-order valence-corrected chi connectivity index (χ0v) is 13.0.